The van der Waals surface area contributed by atoms with E-state index >= 15 is 0 Å². The lowest BCUT2D eigenvalue weighted by atomic mass is 10.2. The number of pyridine rings is 1. The minimum absolute atomic E-state index is 0.0856. The maximum atomic E-state index is 12.9. The molecule has 3 aromatic rings. The van der Waals surface area contributed by atoms with Gasteiger partial charge in [0.2, 0.25) is 15.9 Å². The summed E-state index contributed by atoms with van der Waals surface area (Å²) in [6, 6.07) is 9.00. The molecule has 0 saturated carbocycles. The fourth-order valence-corrected chi connectivity index (χ4v) is 4.15. The second kappa shape index (κ2) is 7.84. The van der Waals surface area contributed by atoms with Crippen LogP contribution in [0.1, 0.15) is 5.69 Å². The molecule has 0 atom stereocenters. The van der Waals surface area contributed by atoms with Crippen LogP contribution in [0.3, 0.4) is 0 Å². The SMILES string of the molecule is Cc1cccc(NC(=O)CN(C)S(=O)(=O)c2ccc3c(c2)c(=O)n(C)c(=O)n3C)n1. The molecule has 3 rings (SSSR count). The monoisotopic (exact) mass is 431 g/mol. The Morgan fingerprint density at radius 2 is 1.83 bits per heavy atom. The molecule has 2 heterocycles. The fourth-order valence-electron chi connectivity index (χ4n) is 3.00. The number of aryl methyl sites for hydroxylation is 2. The molecule has 1 N–H and O–H groups in total. The number of rotatable bonds is 5. The van der Waals surface area contributed by atoms with Crippen LogP contribution in [0.25, 0.3) is 10.9 Å². The number of anilines is 1. The van der Waals surface area contributed by atoms with Crippen LogP contribution in [-0.4, -0.2) is 46.3 Å². The summed E-state index contributed by atoms with van der Waals surface area (Å²) in [5.74, 6) is -0.237. The lowest BCUT2D eigenvalue weighted by Gasteiger charge is -2.17. The van der Waals surface area contributed by atoms with Gasteiger partial charge in [-0.15, -0.1) is 0 Å². The maximum Gasteiger partial charge on any atom is 0.330 e. The number of carbonyl (C=O) groups excluding carboxylic acids is 1. The molecule has 0 aliphatic carbocycles. The van der Waals surface area contributed by atoms with Gasteiger partial charge in [-0.25, -0.2) is 18.2 Å². The van der Waals surface area contributed by atoms with E-state index in [0.717, 1.165) is 8.87 Å². The summed E-state index contributed by atoms with van der Waals surface area (Å²) < 4.78 is 28.9. The summed E-state index contributed by atoms with van der Waals surface area (Å²) >= 11 is 0. The van der Waals surface area contributed by atoms with Crippen LogP contribution in [0, 0.1) is 6.92 Å². The van der Waals surface area contributed by atoms with Gasteiger partial charge in [-0.3, -0.25) is 18.7 Å². The molecular formula is C19H21N5O5S. The summed E-state index contributed by atoms with van der Waals surface area (Å²) in [4.78, 5) is 40.7. The minimum Gasteiger partial charge on any atom is -0.310 e. The van der Waals surface area contributed by atoms with Gasteiger partial charge in [0, 0.05) is 26.8 Å². The van der Waals surface area contributed by atoms with Crippen molar-refractivity contribution in [2.75, 3.05) is 18.9 Å². The van der Waals surface area contributed by atoms with Gasteiger partial charge in [0.25, 0.3) is 5.56 Å². The van der Waals surface area contributed by atoms with Crippen LogP contribution in [0.4, 0.5) is 5.82 Å². The first-order valence-corrected chi connectivity index (χ1v) is 10.4. The van der Waals surface area contributed by atoms with E-state index in [0.29, 0.717) is 17.0 Å². The van der Waals surface area contributed by atoms with Crippen molar-refractivity contribution in [1.82, 2.24) is 18.4 Å². The molecule has 2 aromatic heterocycles. The molecule has 0 fully saturated rings. The van der Waals surface area contributed by atoms with Gasteiger partial charge in [0.15, 0.2) is 0 Å². The van der Waals surface area contributed by atoms with E-state index < -0.39 is 33.7 Å². The van der Waals surface area contributed by atoms with E-state index in [9.17, 15) is 22.8 Å². The molecule has 0 saturated heterocycles. The third-order valence-electron chi connectivity index (χ3n) is 4.67. The quantitative estimate of drug-likeness (QED) is 0.616. The Hall–Kier alpha value is -3.31. The van der Waals surface area contributed by atoms with E-state index in [4.69, 9.17) is 0 Å². The van der Waals surface area contributed by atoms with Gasteiger partial charge in [0.05, 0.1) is 22.3 Å². The molecule has 11 heteroatoms. The van der Waals surface area contributed by atoms with Crippen molar-refractivity contribution in [2.24, 2.45) is 14.1 Å². The van der Waals surface area contributed by atoms with E-state index in [1.807, 2.05) is 0 Å². The lowest BCUT2D eigenvalue weighted by molar-refractivity contribution is -0.116. The largest absolute Gasteiger partial charge is 0.330 e. The van der Waals surface area contributed by atoms with Gasteiger partial charge >= 0.3 is 5.69 Å². The second-order valence-corrected chi connectivity index (χ2v) is 8.90. The van der Waals surface area contributed by atoms with E-state index in [1.165, 1.54) is 43.9 Å². The highest BCUT2D eigenvalue weighted by Gasteiger charge is 2.24. The van der Waals surface area contributed by atoms with Crippen molar-refractivity contribution >= 4 is 32.7 Å². The van der Waals surface area contributed by atoms with E-state index in [-0.39, 0.29) is 10.3 Å². The topological polar surface area (TPSA) is 123 Å². The predicted octanol–water partition coefficient (Wildman–Crippen LogP) is 0.200. The van der Waals surface area contributed by atoms with Crippen molar-refractivity contribution in [1.29, 1.82) is 0 Å². The first-order valence-electron chi connectivity index (χ1n) is 8.92. The smallest absolute Gasteiger partial charge is 0.310 e. The van der Waals surface area contributed by atoms with Crippen molar-refractivity contribution in [2.45, 2.75) is 11.8 Å². The fraction of sp³-hybridized carbons (Fsp3) is 0.263. The Kier molecular flexibility index (Phi) is 5.59. The highest BCUT2D eigenvalue weighted by Crippen LogP contribution is 2.18. The second-order valence-electron chi connectivity index (χ2n) is 6.86. The van der Waals surface area contributed by atoms with E-state index in [2.05, 4.69) is 10.3 Å². The van der Waals surface area contributed by atoms with Gasteiger partial charge in [-0.05, 0) is 37.3 Å². The van der Waals surface area contributed by atoms with Crippen LogP contribution in [-0.2, 0) is 28.9 Å². The number of sulfonamides is 1. The summed E-state index contributed by atoms with van der Waals surface area (Å²) in [5, 5.41) is 2.64. The summed E-state index contributed by atoms with van der Waals surface area (Å²) in [6.07, 6.45) is 0. The normalized spacial score (nSPS) is 11.8. The third kappa shape index (κ3) is 3.89. The molecule has 158 valence electrons. The molecule has 30 heavy (non-hydrogen) atoms. The van der Waals surface area contributed by atoms with Crippen molar-refractivity contribution in [3.8, 4) is 0 Å². The Morgan fingerprint density at radius 1 is 1.13 bits per heavy atom. The highest BCUT2D eigenvalue weighted by molar-refractivity contribution is 7.89. The number of amides is 1. The number of nitrogens with zero attached hydrogens (tertiary/aromatic N) is 4. The number of carbonyl (C=O) groups is 1. The van der Waals surface area contributed by atoms with Crippen LogP contribution in [0.5, 0.6) is 0 Å². The van der Waals surface area contributed by atoms with Crippen molar-refractivity contribution < 1.29 is 13.2 Å². The summed E-state index contributed by atoms with van der Waals surface area (Å²) in [6.45, 7) is 1.33. The molecule has 0 radical (unpaired) electrons. The molecule has 1 aromatic carbocycles. The number of likely N-dealkylation sites (N-methyl/N-ethyl adjacent to an activating group) is 1. The zero-order chi connectivity index (χ0) is 22.2. The standard InChI is InChI=1S/C19H21N5O5S/c1-12-6-5-7-16(20-12)21-17(25)11-22(2)30(28,29)13-8-9-15-14(10-13)18(26)24(4)19(27)23(15)3/h5-10H,11H2,1-4H3,(H,20,21,25). The van der Waals surface area contributed by atoms with Crippen molar-refractivity contribution in [3.05, 3.63) is 62.9 Å². The number of benzene rings is 1. The molecule has 0 spiro atoms. The Morgan fingerprint density at radius 3 is 2.50 bits per heavy atom. The number of fused-ring (bicyclic) bond motifs is 1. The first-order chi connectivity index (χ1) is 14.0. The molecular weight excluding hydrogens is 410 g/mol. The van der Waals surface area contributed by atoms with Crippen molar-refractivity contribution in [3.63, 3.8) is 0 Å². The van der Waals surface area contributed by atoms with Crippen LogP contribution in [0.2, 0.25) is 0 Å². The summed E-state index contributed by atoms with van der Waals surface area (Å²) in [7, 11) is 0.0182. The molecule has 0 unspecified atom stereocenters. The first kappa shape index (κ1) is 21.4. The number of nitrogens with one attached hydrogen (secondary N) is 1. The average molecular weight is 431 g/mol. The molecule has 1 amide bonds. The van der Waals surface area contributed by atoms with Gasteiger partial charge in [0.1, 0.15) is 5.82 Å². The van der Waals surface area contributed by atoms with E-state index in [1.54, 1.807) is 25.1 Å². The van der Waals surface area contributed by atoms with Crippen LogP contribution in [0.15, 0.2) is 50.9 Å². The zero-order valence-corrected chi connectivity index (χ0v) is 17.7. The van der Waals surface area contributed by atoms with Crippen LogP contribution < -0.4 is 16.6 Å². The van der Waals surface area contributed by atoms with Gasteiger partial charge in [-0.1, -0.05) is 6.07 Å². The minimum atomic E-state index is -4.06. The summed E-state index contributed by atoms with van der Waals surface area (Å²) in [5.41, 5.74) is -0.0911. The number of hydrogen-bond donors (Lipinski definition) is 1. The number of aromatic nitrogens is 3. The Bertz CT molecular complexity index is 1370. The molecule has 0 bridgehead atoms. The van der Waals surface area contributed by atoms with Gasteiger partial charge in [-0.2, -0.15) is 4.31 Å². The number of hydrogen-bond acceptors (Lipinski definition) is 6. The van der Waals surface area contributed by atoms with Gasteiger partial charge < -0.3 is 5.32 Å². The van der Waals surface area contributed by atoms with Crippen LogP contribution >= 0.6 is 0 Å². The predicted molar refractivity (Wildman–Crippen MR) is 112 cm³/mol. The highest BCUT2D eigenvalue weighted by atomic mass is 32.2. The molecule has 10 nitrogen and oxygen atoms in total. The third-order valence-corrected chi connectivity index (χ3v) is 6.47. The Balaban J connectivity index is 1.90. The lowest BCUT2D eigenvalue weighted by Crippen LogP contribution is -2.37. The maximum absolute atomic E-state index is 12.9. The Labute approximate surface area is 172 Å². The zero-order valence-electron chi connectivity index (χ0n) is 16.9. The average Bonchev–Trinajstić information content (AvgIpc) is 2.70. The molecule has 0 aliphatic rings. The molecule has 0 aliphatic heterocycles.